The lowest BCUT2D eigenvalue weighted by Crippen LogP contribution is -2.60. The summed E-state index contributed by atoms with van der Waals surface area (Å²) in [6, 6.07) is 0. The summed E-state index contributed by atoms with van der Waals surface area (Å²) in [4.78, 5) is 12.9. The van der Waals surface area contributed by atoms with E-state index in [-0.39, 0.29) is 19.6 Å². The van der Waals surface area contributed by atoms with Crippen LogP contribution in [-0.4, -0.2) is 97.5 Å². The summed E-state index contributed by atoms with van der Waals surface area (Å²) in [5.41, 5.74) is 0. The predicted octanol–water partition coefficient (Wildman–Crippen LogP) is 13.0. The second-order valence-electron chi connectivity index (χ2n) is 18.4. The van der Waals surface area contributed by atoms with Gasteiger partial charge in [-0.3, -0.25) is 9.35 Å². The molecule has 0 aromatic heterocycles. The van der Waals surface area contributed by atoms with Crippen LogP contribution >= 0.6 is 0 Å². The Labute approximate surface area is 420 Å². The number of allylic oxidation sites excluding steroid dienone is 12. The zero-order valence-electron chi connectivity index (χ0n) is 43.1. The van der Waals surface area contributed by atoms with Crippen LogP contribution in [0.1, 0.15) is 213 Å². The maximum atomic E-state index is 12.9. The molecule has 12 nitrogen and oxygen atoms in total. The number of ether oxygens (including phenoxy) is 4. The smallest absolute Gasteiger partial charge is 0.397 e. The number of hydrogen-bond donors (Lipinski definition) is 4. The molecule has 6 atom stereocenters. The first-order valence-electron chi connectivity index (χ1n) is 27.2. The van der Waals surface area contributed by atoms with Gasteiger partial charge in [-0.05, 0) is 64.2 Å². The molecule has 1 aliphatic heterocycles. The molecule has 69 heavy (non-hydrogen) atoms. The van der Waals surface area contributed by atoms with E-state index in [1.54, 1.807) is 0 Å². The Balaban J connectivity index is 2.35. The fourth-order valence-corrected chi connectivity index (χ4v) is 8.54. The topological polar surface area (TPSA) is 178 Å². The number of unbranched alkanes of at least 4 members (excludes halogenated alkanes) is 22. The van der Waals surface area contributed by atoms with Gasteiger partial charge in [-0.2, -0.15) is 8.42 Å². The number of esters is 1. The van der Waals surface area contributed by atoms with Gasteiger partial charge < -0.3 is 34.3 Å². The highest BCUT2D eigenvalue weighted by molar-refractivity contribution is 7.80. The Kier molecular flexibility index (Phi) is 43.6. The van der Waals surface area contributed by atoms with Crippen molar-refractivity contribution in [1.82, 2.24) is 0 Å². The summed E-state index contributed by atoms with van der Waals surface area (Å²) in [7, 11) is -5.07. The largest absolute Gasteiger partial charge is 0.457 e. The van der Waals surface area contributed by atoms with Gasteiger partial charge in [0.1, 0.15) is 30.5 Å². The zero-order valence-corrected chi connectivity index (χ0v) is 43.9. The Morgan fingerprint density at radius 1 is 0.565 bits per heavy atom. The fourth-order valence-electron chi connectivity index (χ4n) is 8.03. The van der Waals surface area contributed by atoms with Gasteiger partial charge in [-0.1, -0.05) is 215 Å². The van der Waals surface area contributed by atoms with Crippen LogP contribution < -0.4 is 0 Å². The molecular formula is C56H98O12S. The number of carbonyl (C=O) groups excluding carboxylic acids is 1. The monoisotopic (exact) mass is 995 g/mol. The normalized spacial score (nSPS) is 19.8. The van der Waals surface area contributed by atoms with E-state index in [2.05, 4.69) is 90.9 Å². The van der Waals surface area contributed by atoms with Crippen LogP contribution in [0, 0.1) is 0 Å². The molecule has 13 heteroatoms. The van der Waals surface area contributed by atoms with Crippen LogP contribution in [0.15, 0.2) is 72.9 Å². The fraction of sp³-hybridized carbons (Fsp3) is 0.768. The zero-order chi connectivity index (χ0) is 50.3. The second-order valence-corrected chi connectivity index (χ2v) is 19.5. The Hall–Kier alpha value is -2.46. The van der Waals surface area contributed by atoms with E-state index in [1.807, 2.05) is 0 Å². The maximum Gasteiger partial charge on any atom is 0.397 e. The minimum Gasteiger partial charge on any atom is -0.457 e. The molecule has 1 saturated heterocycles. The van der Waals surface area contributed by atoms with Crippen LogP contribution in [0.2, 0.25) is 0 Å². The van der Waals surface area contributed by atoms with Crippen LogP contribution in [0.3, 0.4) is 0 Å². The number of hydrogen-bond acceptors (Lipinski definition) is 11. The minimum atomic E-state index is -5.07. The highest BCUT2D eigenvalue weighted by atomic mass is 32.3. The quantitative estimate of drug-likeness (QED) is 0.0197. The lowest BCUT2D eigenvalue weighted by atomic mass is 9.99. The third-order valence-electron chi connectivity index (χ3n) is 12.1. The van der Waals surface area contributed by atoms with Crippen molar-refractivity contribution in [3.63, 3.8) is 0 Å². The van der Waals surface area contributed by atoms with Crippen molar-refractivity contribution in [3.8, 4) is 0 Å². The molecule has 0 aromatic rings. The summed E-state index contributed by atoms with van der Waals surface area (Å²) in [6.45, 7) is 3.88. The minimum absolute atomic E-state index is 0.0289. The molecule has 400 valence electrons. The van der Waals surface area contributed by atoms with E-state index in [0.717, 1.165) is 96.3 Å². The molecule has 6 unspecified atom stereocenters. The molecule has 1 heterocycles. The van der Waals surface area contributed by atoms with Gasteiger partial charge in [-0.15, -0.1) is 0 Å². The number of carbonyl (C=O) groups is 1. The van der Waals surface area contributed by atoms with Crippen molar-refractivity contribution in [2.24, 2.45) is 0 Å². The predicted molar refractivity (Wildman–Crippen MR) is 280 cm³/mol. The van der Waals surface area contributed by atoms with E-state index < -0.39 is 59.8 Å². The van der Waals surface area contributed by atoms with E-state index in [4.69, 9.17) is 18.9 Å². The van der Waals surface area contributed by atoms with Gasteiger partial charge in [0.25, 0.3) is 0 Å². The van der Waals surface area contributed by atoms with Crippen molar-refractivity contribution in [1.29, 1.82) is 0 Å². The standard InChI is InChI=1S/C56H98O12S/c1-3-5-7-9-11-13-15-17-19-21-22-23-24-25-26-27-28-29-31-33-35-37-39-41-43-45-52(58)66-50(49-65-56-54(60)55(68-69(61,62)63)53(59)51(47-57)67-56)48-64-46-44-42-40-38-36-34-32-30-20-18-16-14-12-10-8-6-4-2/h5,7,11,13,17,19,22-23,25-26,28-29,50-51,53-57,59-60H,3-4,6,8-10,12,14-16,18,20-21,24,27,30-49H2,1-2H3,(H,61,62,63)/b7-5-,13-11-,19-17-,23-22-,26-25-,29-28-. The Morgan fingerprint density at radius 2 is 1.00 bits per heavy atom. The van der Waals surface area contributed by atoms with Crippen LogP contribution in [0.25, 0.3) is 0 Å². The van der Waals surface area contributed by atoms with E-state index >= 15 is 0 Å². The number of rotatable bonds is 47. The molecular weight excluding hydrogens is 897 g/mol. The summed E-state index contributed by atoms with van der Waals surface area (Å²) < 4.78 is 59.3. The lowest BCUT2D eigenvalue weighted by Gasteiger charge is -2.41. The van der Waals surface area contributed by atoms with Crippen LogP contribution in [0.5, 0.6) is 0 Å². The summed E-state index contributed by atoms with van der Waals surface area (Å²) in [5, 5.41) is 30.8. The third-order valence-corrected chi connectivity index (χ3v) is 12.6. The van der Waals surface area contributed by atoms with Gasteiger partial charge >= 0.3 is 16.4 Å². The molecule has 0 amide bonds. The summed E-state index contributed by atoms with van der Waals surface area (Å²) in [5.74, 6) is -0.413. The van der Waals surface area contributed by atoms with Gasteiger partial charge in [0.05, 0.1) is 19.8 Å². The van der Waals surface area contributed by atoms with Gasteiger partial charge in [-0.25, -0.2) is 4.18 Å². The molecule has 0 spiro atoms. The van der Waals surface area contributed by atoms with Crippen molar-refractivity contribution < 1.29 is 56.2 Å². The highest BCUT2D eigenvalue weighted by Crippen LogP contribution is 2.26. The average Bonchev–Trinajstić information content (AvgIpc) is 3.32. The molecule has 4 N–H and O–H groups in total. The SMILES string of the molecule is CC/C=C\C/C=C\C/C=C\C/C=C\C/C=C\C/C=C\CCCCCCCCC(=O)OC(COCCCCCCCCCCCCCCCCCCC)COC1OC(CO)C(O)C(OS(=O)(=O)O)C1O. The Morgan fingerprint density at radius 3 is 1.46 bits per heavy atom. The first kappa shape index (κ1) is 64.6. The van der Waals surface area contributed by atoms with Crippen LogP contribution in [0.4, 0.5) is 0 Å². The van der Waals surface area contributed by atoms with E-state index in [0.29, 0.717) is 13.0 Å². The van der Waals surface area contributed by atoms with E-state index in [1.165, 1.54) is 89.9 Å². The molecule has 0 saturated carbocycles. The number of aliphatic hydroxyl groups excluding tert-OH is 3. The molecule has 1 fully saturated rings. The molecule has 0 radical (unpaired) electrons. The maximum absolute atomic E-state index is 12.9. The first-order valence-corrected chi connectivity index (χ1v) is 28.6. The molecule has 0 bridgehead atoms. The van der Waals surface area contributed by atoms with Crippen molar-refractivity contribution in [2.75, 3.05) is 26.4 Å². The summed E-state index contributed by atoms with van der Waals surface area (Å²) >= 11 is 0. The Bertz CT molecular complexity index is 1470. The van der Waals surface area contributed by atoms with Gasteiger partial charge in [0.15, 0.2) is 6.29 Å². The summed E-state index contributed by atoms with van der Waals surface area (Å²) in [6.07, 6.45) is 52.1. The average molecular weight is 995 g/mol. The second kappa shape index (κ2) is 46.6. The molecule has 1 rings (SSSR count). The van der Waals surface area contributed by atoms with Crippen molar-refractivity contribution in [3.05, 3.63) is 72.9 Å². The van der Waals surface area contributed by atoms with Gasteiger partial charge in [0.2, 0.25) is 0 Å². The number of aliphatic hydroxyl groups is 3. The van der Waals surface area contributed by atoms with Gasteiger partial charge in [0, 0.05) is 13.0 Å². The first-order chi connectivity index (χ1) is 33.6. The lowest BCUT2D eigenvalue weighted by molar-refractivity contribution is -0.301. The third kappa shape index (κ3) is 39.8. The van der Waals surface area contributed by atoms with Crippen LogP contribution in [-0.2, 0) is 38.3 Å². The molecule has 1 aliphatic rings. The molecule has 0 aliphatic carbocycles. The van der Waals surface area contributed by atoms with Crippen molar-refractivity contribution in [2.45, 2.75) is 250 Å². The highest BCUT2D eigenvalue weighted by Gasteiger charge is 2.48. The van der Waals surface area contributed by atoms with Crippen molar-refractivity contribution >= 4 is 16.4 Å². The van der Waals surface area contributed by atoms with E-state index in [9.17, 15) is 33.1 Å². The molecule has 0 aromatic carbocycles.